The Kier molecular flexibility index (Phi) is 4.61. The molecule has 0 fully saturated rings. The molecule has 3 heteroatoms. The number of hydrogen-bond acceptors (Lipinski definition) is 3. The smallest absolute Gasteiger partial charge is 0.0681 e. The van der Waals surface area contributed by atoms with Crippen molar-refractivity contribution in [2.24, 2.45) is 0 Å². The normalized spacial score (nSPS) is 11.0. The Morgan fingerprint density at radius 3 is 2.58 bits per heavy atom. The van der Waals surface area contributed by atoms with Crippen LogP contribution in [0.15, 0.2) is 35.7 Å². The Hall–Kier alpha value is -1.32. The Morgan fingerprint density at radius 2 is 2.05 bits per heavy atom. The summed E-state index contributed by atoms with van der Waals surface area (Å²) < 4.78 is 0. The second-order valence-corrected chi connectivity index (χ2v) is 6.11. The van der Waals surface area contributed by atoms with Crippen LogP contribution in [0.5, 0.6) is 0 Å². The minimum atomic E-state index is 0.105. The van der Waals surface area contributed by atoms with E-state index in [9.17, 15) is 5.11 Å². The molecule has 0 bridgehead atoms. The number of aliphatic hydroxyl groups excluding tert-OH is 1. The number of anilines is 1. The predicted molar refractivity (Wildman–Crippen MR) is 82.7 cm³/mol. The van der Waals surface area contributed by atoms with Gasteiger partial charge >= 0.3 is 0 Å². The van der Waals surface area contributed by atoms with Crippen LogP contribution in [-0.2, 0) is 13.2 Å². The van der Waals surface area contributed by atoms with E-state index in [-0.39, 0.29) is 6.61 Å². The van der Waals surface area contributed by atoms with Crippen molar-refractivity contribution in [1.29, 1.82) is 0 Å². The van der Waals surface area contributed by atoms with Gasteiger partial charge < -0.3 is 10.0 Å². The molecule has 1 aromatic carbocycles. The van der Waals surface area contributed by atoms with Crippen molar-refractivity contribution < 1.29 is 5.11 Å². The molecule has 0 atom stereocenters. The molecule has 0 saturated heterocycles. The number of benzene rings is 1. The maximum Gasteiger partial charge on any atom is 0.0681 e. The van der Waals surface area contributed by atoms with Gasteiger partial charge in [0.2, 0.25) is 0 Å². The maximum absolute atomic E-state index is 9.20. The molecule has 0 unspecified atom stereocenters. The third-order valence-corrected chi connectivity index (χ3v) is 4.14. The van der Waals surface area contributed by atoms with Gasteiger partial charge in [-0.05, 0) is 49.4 Å². The topological polar surface area (TPSA) is 23.5 Å². The highest BCUT2D eigenvalue weighted by molar-refractivity contribution is 7.09. The molecule has 0 spiro atoms. The van der Waals surface area contributed by atoms with Gasteiger partial charge in [0, 0.05) is 16.6 Å². The highest BCUT2D eigenvalue weighted by atomic mass is 32.1. The highest BCUT2D eigenvalue weighted by Crippen LogP contribution is 2.26. The van der Waals surface area contributed by atoms with Crippen LogP contribution in [0.1, 0.15) is 29.9 Å². The lowest BCUT2D eigenvalue weighted by Crippen LogP contribution is -2.30. The van der Waals surface area contributed by atoms with Gasteiger partial charge in [-0.1, -0.05) is 18.2 Å². The van der Waals surface area contributed by atoms with Gasteiger partial charge in [0.25, 0.3) is 0 Å². The minimum Gasteiger partial charge on any atom is -0.392 e. The highest BCUT2D eigenvalue weighted by Gasteiger charge is 2.14. The zero-order valence-corrected chi connectivity index (χ0v) is 12.6. The average molecular weight is 275 g/mol. The summed E-state index contributed by atoms with van der Waals surface area (Å²) in [7, 11) is 0. The molecule has 2 aromatic rings. The van der Waals surface area contributed by atoms with E-state index in [4.69, 9.17) is 0 Å². The van der Waals surface area contributed by atoms with Gasteiger partial charge in [-0.25, -0.2) is 0 Å². The summed E-state index contributed by atoms with van der Waals surface area (Å²) in [5.74, 6) is 0. The molecule has 0 aliphatic rings. The fraction of sp³-hybridized carbons (Fsp3) is 0.375. The van der Waals surface area contributed by atoms with Gasteiger partial charge in [-0.3, -0.25) is 0 Å². The Balaban J connectivity index is 2.28. The van der Waals surface area contributed by atoms with Crippen LogP contribution in [0.4, 0.5) is 5.69 Å². The minimum absolute atomic E-state index is 0.105. The van der Waals surface area contributed by atoms with E-state index in [2.05, 4.69) is 55.3 Å². The van der Waals surface area contributed by atoms with Gasteiger partial charge in [-0.2, -0.15) is 0 Å². The number of hydrogen-bond donors (Lipinski definition) is 1. The van der Waals surface area contributed by atoms with Crippen molar-refractivity contribution >= 4 is 17.0 Å². The number of thiophene rings is 1. The van der Waals surface area contributed by atoms with E-state index < -0.39 is 0 Å². The van der Waals surface area contributed by atoms with E-state index in [0.717, 1.165) is 12.1 Å². The lowest BCUT2D eigenvalue weighted by molar-refractivity contribution is 0.282. The van der Waals surface area contributed by atoms with Gasteiger partial charge in [0.05, 0.1) is 13.2 Å². The molecule has 2 rings (SSSR count). The van der Waals surface area contributed by atoms with Crippen molar-refractivity contribution in [2.75, 3.05) is 4.90 Å². The van der Waals surface area contributed by atoms with Crippen molar-refractivity contribution in [1.82, 2.24) is 0 Å². The molecular weight excluding hydrogens is 254 g/mol. The van der Waals surface area contributed by atoms with Crippen molar-refractivity contribution in [3.63, 3.8) is 0 Å². The maximum atomic E-state index is 9.20. The zero-order valence-electron chi connectivity index (χ0n) is 11.8. The van der Waals surface area contributed by atoms with E-state index in [1.165, 1.54) is 16.1 Å². The van der Waals surface area contributed by atoms with Crippen LogP contribution < -0.4 is 4.90 Å². The molecule has 1 N–H and O–H groups in total. The molecule has 0 amide bonds. The zero-order chi connectivity index (χ0) is 13.8. The molecule has 2 nitrogen and oxygen atoms in total. The first-order valence-electron chi connectivity index (χ1n) is 6.61. The van der Waals surface area contributed by atoms with Crippen LogP contribution in [0, 0.1) is 6.92 Å². The van der Waals surface area contributed by atoms with Gasteiger partial charge in [0.1, 0.15) is 0 Å². The first kappa shape index (κ1) is 14.1. The van der Waals surface area contributed by atoms with Crippen molar-refractivity contribution in [2.45, 2.75) is 40.0 Å². The Bertz CT molecular complexity index is 520. The fourth-order valence-electron chi connectivity index (χ4n) is 2.25. The van der Waals surface area contributed by atoms with Crippen LogP contribution in [-0.4, -0.2) is 11.1 Å². The third kappa shape index (κ3) is 3.37. The van der Waals surface area contributed by atoms with Crippen molar-refractivity contribution in [3.8, 4) is 0 Å². The molecule has 0 aliphatic carbocycles. The molecular formula is C16H21NOS. The molecule has 1 aromatic heterocycles. The number of aryl methyl sites for hydroxylation is 1. The van der Waals surface area contributed by atoms with E-state index in [0.29, 0.717) is 6.04 Å². The molecule has 0 aliphatic heterocycles. The van der Waals surface area contributed by atoms with Crippen molar-refractivity contribution in [3.05, 3.63) is 51.7 Å². The summed E-state index contributed by atoms with van der Waals surface area (Å²) in [5, 5.41) is 11.3. The molecule has 102 valence electrons. The molecule has 0 saturated carbocycles. The first-order valence-corrected chi connectivity index (χ1v) is 7.49. The summed E-state index contributed by atoms with van der Waals surface area (Å²) in [5.41, 5.74) is 3.44. The SMILES string of the molecule is Cc1cc(CO)ccc1N(Cc1cccs1)C(C)C. The third-order valence-electron chi connectivity index (χ3n) is 3.28. The molecule has 0 radical (unpaired) electrons. The number of nitrogens with zero attached hydrogens (tertiary/aromatic N) is 1. The van der Waals surface area contributed by atoms with Gasteiger partial charge in [-0.15, -0.1) is 11.3 Å². The van der Waals surface area contributed by atoms with Crippen LogP contribution >= 0.6 is 11.3 Å². The van der Waals surface area contributed by atoms with E-state index >= 15 is 0 Å². The standard InChI is InChI=1S/C16H21NOS/c1-12(2)17(10-15-5-4-8-19-15)16-7-6-14(11-18)9-13(16)3/h4-9,12,18H,10-11H2,1-3H3. The molecule has 19 heavy (non-hydrogen) atoms. The summed E-state index contributed by atoms with van der Waals surface area (Å²) in [6.07, 6.45) is 0. The quantitative estimate of drug-likeness (QED) is 0.892. The summed E-state index contributed by atoms with van der Waals surface area (Å²) >= 11 is 1.80. The van der Waals surface area contributed by atoms with Crippen LogP contribution in [0.3, 0.4) is 0 Å². The van der Waals surface area contributed by atoms with Crippen LogP contribution in [0.25, 0.3) is 0 Å². The number of aliphatic hydroxyl groups is 1. The second-order valence-electron chi connectivity index (χ2n) is 5.08. The summed E-state index contributed by atoms with van der Waals surface area (Å²) in [6.45, 7) is 7.58. The lowest BCUT2D eigenvalue weighted by atomic mass is 10.1. The fourth-order valence-corrected chi connectivity index (χ4v) is 2.96. The monoisotopic (exact) mass is 275 g/mol. The van der Waals surface area contributed by atoms with Crippen LogP contribution in [0.2, 0.25) is 0 Å². The number of rotatable bonds is 5. The molecule has 1 heterocycles. The second kappa shape index (κ2) is 6.22. The first-order chi connectivity index (χ1) is 9.11. The lowest BCUT2D eigenvalue weighted by Gasteiger charge is -2.30. The van der Waals surface area contributed by atoms with E-state index in [1.54, 1.807) is 11.3 Å². The largest absolute Gasteiger partial charge is 0.392 e. The van der Waals surface area contributed by atoms with Gasteiger partial charge in [0.15, 0.2) is 0 Å². The summed E-state index contributed by atoms with van der Waals surface area (Å²) in [4.78, 5) is 3.78. The van der Waals surface area contributed by atoms with E-state index in [1.807, 2.05) is 6.07 Å². The Labute approximate surface area is 119 Å². The average Bonchev–Trinajstić information content (AvgIpc) is 2.89. The summed E-state index contributed by atoms with van der Waals surface area (Å²) in [6, 6.07) is 10.9. The Morgan fingerprint density at radius 1 is 1.26 bits per heavy atom. The predicted octanol–water partition coefficient (Wildman–Crippen LogP) is 3.96.